The van der Waals surface area contributed by atoms with Crippen LogP contribution in [-0.4, -0.2) is 23.2 Å². The lowest BCUT2D eigenvalue weighted by molar-refractivity contribution is 0.297. The number of anilines is 2. The second-order valence-corrected chi connectivity index (χ2v) is 5.27. The first kappa shape index (κ1) is 13.2. The number of aryl methyl sites for hydroxylation is 1. The Morgan fingerprint density at radius 1 is 1.10 bits per heavy atom. The van der Waals surface area contributed by atoms with Crippen LogP contribution in [0, 0.1) is 6.92 Å². The number of fused-ring (bicyclic) bond motifs is 1. The Morgan fingerprint density at radius 2 is 1.90 bits per heavy atom. The van der Waals surface area contributed by atoms with E-state index in [-0.39, 0.29) is 0 Å². The topological polar surface area (TPSA) is 56.3 Å². The molecular weight excluding hydrogens is 322 g/mol. The van der Waals surface area contributed by atoms with Gasteiger partial charge in [-0.25, -0.2) is 9.97 Å². The van der Waals surface area contributed by atoms with Gasteiger partial charge in [0.1, 0.15) is 16.2 Å². The van der Waals surface area contributed by atoms with Crippen molar-refractivity contribution in [3.05, 3.63) is 34.7 Å². The number of hydrogen-bond donors (Lipinski definition) is 1. The number of hydrogen-bond acceptors (Lipinski definition) is 5. The van der Waals surface area contributed by atoms with Crippen molar-refractivity contribution in [1.29, 1.82) is 0 Å². The van der Waals surface area contributed by atoms with E-state index < -0.39 is 0 Å². The van der Waals surface area contributed by atoms with Crippen molar-refractivity contribution >= 4 is 27.4 Å². The normalized spacial score (nSPS) is 13.7. The maximum absolute atomic E-state index is 5.67. The van der Waals surface area contributed by atoms with E-state index in [1.165, 1.54) is 0 Å². The van der Waals surface area contributed by atoms with Gasteiger partial charge < -0.3 is 14.8 Å². The lowest BCUT2D eigenvalue weighted by Gasteiger charge is -2.11. The molecule has 5 nitrogen and oxygen atoms in total. The SMILES string of the molecule is Cc1nc(Br)cc(Nc2ccc3c(c2)OCCCO3)n1. The van der Waals surface area contributed by atoms with Crippen molar-refractivity contribution in [2.75, 3.05) is 18.5 Å². The number of nitrogens with zero attached hydrogens (tertiary/aromatic N) is 2. The van der Waals surface area contributed by atoms with Crippen LogP contribution < -0.4 is 14.8 Å². The van der Waals surface area contributed by atoms with Crippen molar-refractivity contribution in [1.82, 2.24) is 9.97 Å². The molecule has 0 saturated heterocycles. The zero-order valence-corrected chi connectivity index (χ0v) is 12.6. The van der Waals surface area contributed by atoms with E-state index >= 15 is 0 Å². The van der Waals surface area contributed by atoms with Crippen LogP contribution in [0.4, 0.5) is 11.5 Å². The summed E-state index contributed by atoms with van der Waals surface area (Å²) in [6.07, 6.45) is 0.898. The van der Waals surface area contributed by atoms with Crippen LogP contribution in [0.3, 0.4) is 0 Å². The highest BCUT2D eigenvalue weighted by atomic mass is 79.9. The van der Waals surface area contributed by atoms with Gasteiger partial charge in [-0.1, -0.05) is 0 Å². The Hall–Kier alpha value is -1.82. The smallest absolute Gasteiger partial charge is 0.163 e. The molecular formula is C14H14BrN3O2. The average Bonchev–Trinajstić information content (AvgIpc) is 2.62. The Bertz CT molecular complexity index is 614. The molecule has 1 aromatic heterocycles. The first-order valence-corrected chi connectivity index (χ1v) is 7.18. The van der Waals surface area contributed by atoms with E-state index in [0.717, 1.165) is 34.0 Å². The van der Waals surface area contributed by atoms with Gasteiger partial charge in [0.25, 0.3) is 0 Å². The largest absolute Gasteiger partial charge is 0.490 e. The van der Waals surface area contributed by atoms with Crippen LogP contribution in [0.2, 0.25) is 0 Å². The van der Waals surface area contributed by atoms with Crippen LogP contribution in [-0.2, 0) is 0 Å². The van der Waals surface area contributed by atoms with Crippen LogP contribution >= 0.6 is 15.9 Å². The Kier molecular flexibility index (Phi) is 3.73. The van der Waals surface area contributed by atoms with Gasteiger partial charge >= 0.3 is 0 Å². The first-order chi connectivity index (χ1) is 9.70. The molecule has 0 spiro atoms. The number of aromatic nitrogens is 2. The Labute approximate surface area is 125 Å². The maximum atomic E-state index is 5.67. The maximum Gasteiger partial charge on any atom is 0.163 e. The van der Waals surface area contributed by atoms with Gasteiger partial charge in [0.2, 0.25) is 0 Å². The van der Waals surface area contributed by atoms with Crippen LogP contribution in [0.5, 0.6) is 11.5 Å². The highest BCUT2D eigenvalue weighted by Crippen LogP contribution is 2.33. The fourth-order valence-electron chi connectivity index (χ4n) is 1.98. The monoisotopic (exact) mass is 335 g/mol. The zero-order valence-electron chi connectivity index (χ0n) is 11.0. The van der Waals surface area contributed by atoms with Crippen molar-refractivity contribution in [3.63, 3.8) is 0 Å². The third-order valence-corrected chi connectivity index (χ3v) is 3.23. The molecule has 1 aromatic carbocycles. The summed E-state index contributed by atoms with van der Waals surface area (Å²) in [6.45, 7) is 3.22. The molecule has 3 rings (SSSR count). The third-order valence-electron chi connectivity index (χ3n) is 2.83. The lowest BCUT2D eigenvalue weighted by atomic mass is 10.2. The van der Waals surface area contributed by atoms with Crippen molar-refractivity contribution in [2.45, 2.75) is 13.3 Å². The third kappa shape index (κ3) is 3.01. The molecule has 0 amide bonds. The van der Waals surface area contributed by atoms with Gasteiger partial charge in [0.05, 0.1) is 13.2 Å². The molecule has 1 N–H and O–H groups in total. The van der Waals surface area contributed by atoms with Gasteiger partial charge in [0, 0.05) is 24.2 Å². The number of nitrogens with one attached hydrogen (secondary N) is 1. The molecule has 2 heterocycles. The van der Waals surface area contributed by atoms with E-state index in [2.05, 4.69) is 31.2 Å². The van der Waals surface area contributed by atoms with Gasteiger partial charge in [-0.05, 0) is 35.0 Å². The number of halogens is 1. The second-order valence-electron chi connectivity index (χ2n) is 4.46. The minimum Gasteiger partial charge on any atom is -0.490 e. The van der Waals surface area contributed by atoms with Crippen molar-refractivity contribution in [2.24, 2.45) is 0 Å². The molecule has 0 aliphatic carbocycles. The fraction of sp³-hybridized carbons (Fsp3) is 0.286. The van der Waals surface area contributed by atoms with Gasteiger partial charge in [-0.2, -0.15) is 0 Å². The summed E-state index contributed by atoms with van der Waals surface area (Å²) < 4.78 is 12.0. The summed E-state index contributed by atoms with van der Waals surface area (Å²) in [4.78, 5) is 8.51. The molecule has 0 radical (unpaired) electrons. The molecule has 0 bridgehead atoms. The van der Waals surface area contributed by atoms with Crippen molar-refractivity contribution in [3.8, 4) is 11.5 Å². The minimum absolute atomic E-state index is 0.675. The summed E-state index contributed by atoms with van der Waals surface area (Å²) in [5.74, 6) is 2.99. The molecule has 0 atom stereocenters. The van der Waals surface area contributed by atoms with Crippen LogP contribution in [0.25, 0.3) is 0 Å². The minimum atomic E-state index is 0.675. The van der Waals surface area contributed by atoms with E-state index in [1.807, 2.05) is 31.2 Å². The quantitative estimate of drug-likeness (QED) is 0.852. The van der Waals surface area contributed by atoms with E-state index in [4.69, 9.17) is 9.47 Å². The van der Waals surface area contributed by atoms with Gasteiger partial charge in [-0.15, -0.1) is 0 Å². The number of ether oxygens (including phenoxy) is 2. The summed E-state index contributed by atoms with van der Waals surface area (Å²) >= 11 is 3.36. The summed E-state index contributed by atoms with van der Waals surface area (Å²) in [5.41, 5.74) is 0.902. The number of benzene rings is 1. The van der Waals surface area contributed by atoms with Gasteiger partial charge in [-0.3, -0.25) is 0 Å². The Balaban J connectivity index is 1.85. The zero-order chi connectivity index (χ0) is 13.9. The summed E-state index contributed by atoms with van der Waals surface area (Å²) in [7, 11) is 0. The average molecular weight is 336 g/mol. The van der Waals surface area contributed by atoms with Gasteiger partial charge in [0.15, 0.2) is 11.5 Å². The highest BCUT2D eigenvalue weighted by molar-refractivity contribution is 9.10. The van der Waals surface area contributed by atoms with E-state index in [9.17, 15) is 0 Å². The molecule has 0 unspecified atom stereocenters. The van der Waals surface area contributed by atoms with Crippen LogP contribution in [0.15, 0.2) is 28.9 Å². The molecule has 6 heteroatoms. The Morgan fingerprint density at radius 3 is 2.70 bits per heavy atom. The van der Waals surface area contributed by atoms with Crippen LogP contribution in [0.1, 0.15) is 12.2 Å². The van der Waals surface area contributed by atoms with Crippen molar-refractivity contribution < 1.29 is 9.47 Å². The molecule has 2 aromatic rings. The first-order valence-electron chi connectivity index (χ1n) is 6.38. The predicted octanol–water partition coefficient (Wildman–Crippen LogP) is 3.45. The highest BCUT2D eigenvalue weighted by Gasteiger charge is 2.11. The molecule has 1 aliphatic rings. The lowest BCUT2D eigenvalue weighted by Crippen LogP contribution is -1.98. The van der Waals surface area contributed by atoms with E-state index in [0.29, 0.717) is 19.0 Å². The molecule has 0 saturated carbocycles. The molecule has 0 fully saturated rings. The molecule has 104 valence electrons. The summed E-state index contributed by atoms with van der Waals surface area (Å²) in [5, 5.41) is 3.24. The predicted molar refractivity (Wildman–Crippen MR) is 79.8 cm³/mol. The molecule has 20 heavy (non-hydrogen) atoms. The fourth-order valence-corrected chi connectivity index (χ4v) is 2.46. The molecule has 1 aliphatic heterocycles. The standard InChI is InChI=1S/C14H14BrN3O2/c1-9-16-13(15)8-14(17-9)18-10-3-4-11-12(7-10)20-6-2-5-19-11/h3-4,7-8H,2,5-6H2,1H3,(H,16,17,18). The number of rotatable bonds is 2. The van der Waals surface area contributed by atoms with E-state index in [1.54, 1.807) is 0 Å². The summed E-state index contributed by atoms with van der Waals surface area (Å²) in [6, 6.07) is 7.60. The second kappa shape index (κ2) is 5.66.